The molecule has 0 unspecified atom stereocenters. The third kappa shape index (κ3) is 4.90. The average Bonchev–Trinajstić information content (AvgIpc) is 3.44. The summed E-state index contributed by atoms with van der Waals surface area (Å²) in [4.78, 5) is 27.7. The van der Waals surface area contributed by atoms with Gasteiger partial charge in [-0.1, -0.05) is 26.0 Å². The molecule has 6 nitrogen and oxygen atoms in total. The van der Waals surface area contributed by atoms with Gasteiger partial charge >= 0.3 is 0 Å². The number of carbonyl (C=O) groups excluding carboxylic acids is 2. The minimum atomic E-state index is -0.0739. The Morgan fingerprint density at radius 3 is 2.52 bits per heavy atom. The average molecular weight is 448 g/mol. The van der Waals surface area contributed by atoms with Gasteiger partial charge in [-0.3, -0.25) is 9.59 Å². The molecule has 33 heavy (non-hydrogen) atoms. The predicted molar refractivity (Wildman–Crippen MR) is 129 cm³/mol. The zero-order valence-electron chi connectivity index (χ0n) is 19.9. The molecule has 174 valence electrons. The Morgan fingerprint density at radius 2 is 1.85 bits per heavy atom. The minimum absolute atomic E-state index is 0.0294. The van der Waals surface area contributed by atoms with E-state index in [1.165, 1.54) is 5.56 Å². The fourth-order valence-corrected chi connectivity index (χ4v) is 4.65. The first-order chi connectivity index (χ1) is 15.8. The Hall–Kier alpha value is -3.28. The van der Waals surface area contributed by atoms with Crippen LogP contribution in [-0.4, -0.2) is 34.4 Å². The van der Waals surface area contributed by atoms with Crippen molar-refractivity contribution < 1.29 is 14.0 Å². The Labute approximate surface area is 195 Å². The molecule has 1 aliphatic heterocycles. The van der Waals surface area contributed by atoms with Crippen LogP contribution in [0.15, 0.2) is 53.1 Å². The molecule has 1 fully saturated rings. The number of amides is 2. The first kappa shape index (κ1) is 22.9. The van der Waals surface area contributed by atoms with Crippen molar-refractivity contribution in [1.29, 1.82) is 0 Å². The van der Waals surface area contributed by atoms with Crippen LogP contribution >= 0.6 is 0 Å². The van der Waals surface area contributed by atoms with Crippen molar-refractivity contribution in [1.82, 2.24) is 14.8 Å². The van der Waals surface area contributed by atoms with E-state index in [0.29, 0.717) is 38.4 Å². The second-order valence-electron chi connectivity index (χ2n) is 9.23. The molecule has 0 bridgehead atoms. The quantitative estimate of drug-likeness (QED) is 0.580. The highest BCUT2D eigenvalue weighted by atomic mass is 16.3. The standard InChI is InChI=1S/C27H33N3O3/c1-18(2)22-7-5-8-23(16-22)30-19(3)15-25(20(30)4)27(32)29-12-10-21(11-13-29)26(31)28-17-24-9-6-14-33-24/h5-9,14-16,18,21H,10-13,17H2,1-4H3,(H,28,31). The number of likely N-dealkylation sites (tertiary alicyclic amines) is 1. The van der Waals surface area contributed by atoms with Crippen molar-refractivity contribution in [2.24, 2.45) is 5.92 Å². The van der Waals surface area contributed by atoms with E-state index in [2.05, 4.69) is 48.0 Å². The fraction of sp³-hybridized carbons (Fsp3) is 0.407. The summed E-state index contributed by atoms with van der Waals surface area (Å²) in [6, 6.07) is 14.2. The van der Waals surface area contributed by atoms with Gasteiger partial charge in [-0.05, 0) is 68.5 Å². The zero-order chi connectivity index (χ0) is 23.5. The molecule has 0 radical (unpaired) electrons. The van der Waals surface area contributed by atoms with Gasteiger partial charge in [-0.25, -0.2) is 0 Å². The summed E-state index contributed by atoms with van der Waals surface area (Å²) >= 11 is 0. The van der Waals surface area contributed by atoms with Gasteiger partial charge in [0.05, 0.1) is 18.4 Å². The predicted octanol–water partition coefficient (Wildman–Crippen LogP) is 4.98. The summed E-state index contributed by atoms with van der Waals surface area (Å²) in [5, 5.41) is 2.94. The summed E-state index contributed by atoms with van der Waals surface area (Å²) in [5.41, 5.74) is 5.10. The molecule has 1 aromatic carbocycles. The van der Waals surface area contributed by atoms with Crippen molar-refractivity contribution in [3.63, 3.8) is 0 Å². The highest BCUT2D eigenvalue weighted by molar-refractivity contribution is 5.96. The molecule has 2 aromatic heterocycles. The normalized spacial score (nSPS) is 14.6. The van der Waals surface area contributed by atoms with Gasteiger partial charge in [0.2, 0.25) is 5.91 Å². The van der Waals surface area contributed by atoms with Gasteiger partial charge in [0, 0.05) is 36.1 Å². The van der Waals surface area contributed by atoms with Crippen LogP contribution in [0.25, 0.3) is 5.69 Å². The van der Waals surface area contributed by atoms with Crippen molar-refractivity contribution >= 4 is 11.8 Å². The summed E-state index contributed by atoms with van der Waals surface area (Å²) in [5.74, 6) is 1.19. The van der Waals surface area contributed by atoms with Crippen LogP contribution in [0.1, 0.15) is 65.7 Å². The van der Waals surface area contributed by atoms with Gasteiger partial charge in [-0.2, -0.15) is 0 Å². The number of aromatic nitrogens is 1. The van der Waals surface area contributed by atoms with E-state index in [-0.39, 0.29) is 17.7 Å². The summed E-state index contributed by atoms with van der Waals surface area (Å²) in [7, 11) is 0. The number of nitrogens with zero attached hydrogens (tertiary/aromatic N) is 2. The first-order valence-electron chi connectivity index (χ1n) is 11.7. The summed E-state index contributed by atoms with van der Waals surface area (Å²) in [6.07, 6.45) is 2.94. The number of rotatable bonds is 6. The van der Waals surface area contributed by atoms with Gasteiger partial charge in [0.1, 0.15) is 5.76 Å². The van der Waals surface area contributed by atoms with Crippen molar-refractivity contribution in [3.05, 3.63) is 77.0 Å². The lowest BCUT2D eigenvalue weighted by atomic mass is 9.95. The maximum absolute atomic E-state index is 13.3. The second kappa shape index (κ2) is 9.69. The summed E-state index contributed by atoms with van der Waals surface area (Å²) < 4.78 is 7.43. The monoisotopic (exact) mass is 447 g/mol. The number of benzene rings is 1. The van der Waals surface area contributed by atoms with Crippen LogP contribution in [0, 0.1) is 19.8 Å². The van der Waals surface area contributed by atoms with E-state index in [4.69, 9.17) is 4.42 Å². The zero-order valence-corrected chi connectivity index (χ0v) is 19.9. The lowest BCUT2D eigenvalue weighted by Crippen LogP contribution is -2.43. The molecule has 1 saturated heterocycles. The van der Waals surface area contributed by atoms with Gasteiger partial charge in [0.25, 0.3) is 5.91 Å². The lowest BCUT2D eigenvalue weighted by molar-refractivity contribution is -0.126. The molecule has 0 saturated carbocycles. The van der Waals surface area contributed by atoms with E-state index in [0.717, 1.165) is 28.4 Å². The molecule has 1 aliphatic rings. The van der Waals surface area contributed by atoms with Crippen LogP contribution in [0.3, 0.4) is 0 Å². The fourth-order valence-electron chi connectivity index (χ4n) is 4.65. The van der Waals surface area contributed by atoms with Gasteiger partial charge < -0.3 is 19.2 Å². The van der Waals surface area contributed by atoms with Crippen LogP contribution in [-0.2, 0) is 11.3 Å². The lowest BCUT2D eigenvalue weighted by Gasteiger charge is -2.31. The largest absolute Gasteiger partial charge is 0.467 e. The topological polar surface area (TPSA) is 67.5 Å². The Kier molecular flexibility index (Phi) is 6.72. The molecule has 2 amide bonds. The number of hydrogen-bond donors (Lipinski definition) is 1. The van der Waals surface area contributed by atoms with Gasteiger partial charge in [-0.15, -0.1) is 0 Å². The van der Waals surface area contributed by atoms with Crippen molar-refractivity contribution in [2.75, 3.05) is 13.1 Å². The number of nitrogens with one attached hydrogen (secondary N) is 1. The number of piperidine rings is 1. The molecule has 3 aromatic rings. The Balaban J connectivity index is 1.41. The second-order valence-corrected chi connectivity index (χ2v) is 9.23. The van der Waals surface area contributed by atoms with Crippen molar-refractivity contribution in [3.8, 4) is 5.69 Å². The Bertz CT molecular complexity index is 1120. The van der Waals surface area contributed by atoms with E-state index in [1.807, 2.05) is 36.9 Å². The van der Waals surface area contributed by atoms with E-state index < -0.39 is 0 Å². The molecule has 0 atom stereocenters. The summed E-state index contributed by atoms with van der Waals surface area (Å²) in [6.45, 7) is 10.00. The Morgan fingerprint density at radius 1 is 1.09 bits per heavy atom. The number of carbonyl (C=O) groups is 2. The van der Waals surface area contributed by atoms with Crippen LogP contribution in [0.4, 0.5) is 0 Å². The number of aryl methyl sites for hydroxylation is 1. The molecule has 0 spiro atoms. The van der Waals surface area contributed by atoms with Crippen molar-refractivity contribution in [2.45, 2.75) is 53.0 Å². The highest BCUT2D eigenvalue weighted by Gasteiger charge is 2.29. The number of furan rings is 1. The van der Waals surface area contributed by atoms with Crippen LogP contribution in [0.2, 0.25) is 0 Å². The molecular weight excluding hydrogens is 414 g/mol. The molecule has 6 heteroatoms. The van der Waals surface area contributed by atoms with Crippen LogP contribution < -0.4 is 5.32 Å². The highest BCUT2D eigenvalue weighted by Crippen LogP contribution is 2.26. The molecule has 4 rings (SSSR count). The van der Waals surface area contributed by atoms with Gasteiger partial charge in [0.15, 0.2) is 0 Å². The van der Waals surface area contributed by atoms with E-state index in [1.54, 1.807) is 6.26 Å². The van der Waals surface area contributed by atoms with Crippen LogP contribution in [0.5, 0.6) is 0 Å². The molecule has 0 aliphatic carbocycles. The first-order valence-corrected chi connectivity index (χ1v) is 11.7. The number of hydrogen-bond acceptors (Lipinski definition) is 3. The third-order valence-electron chi connectivity index (χ3n) is 6.63. The maximum Gasteiger partial charge on any atom is 0.255 e. The minimum Gasteiger partial charge on any atom is -0.467 e. The molecule has 1 N–H and O–H groups in total. The molecule has 3 heterocycles. The third-order valence-corrected chi connectivity index (χ3v) is 6.63. The van der Waals surface area contributed by atoms with E-state index in [9.17, 15) is 9.59 Å². The molecular formula is C27H33N3O3. The maximum atomic E-state index is 13.3. The van der Waals surface area contributed by atoms with E-state index >= 15 is 0 Å². The smallest absolute Gasteiger partial charge is 0.255 e. The SMILES string of the molecule is Cc1cc(C(=O)N2CCC(C(=O)NCc3ccco3)CC2)c(C)n1-c1cccc(C(C)C)c1.